The number of nitrogens with one attached hydrogen (secondary N) is 1. The highest BCUT2D eigenvalue weighted by Gasteiger charge is 2.26. The number of nitrogens with zero attached hydrogens (tertiary/aromatic N) is 3. The van der Waals surface area contributed by atoms with Crippen molar-refractivity contribution in [3.05, 3.63) is 88.7 Å². The van der Waals surface area contributed by atoms with Gasteiger partial charge < -0.3 is 14.6 Å². The number of anilines is 1. The van der Waals surface area contributed by atoms with Crippen LogP contribution in [0.15, 0.2) is 71.8 Å². The highest BCUT2D eigenvalue weighted by atomic mass is 19.1. The van der Waals surface area contributed by atoms with E-state index in [4.69, 9.17) is 4.74 Å². The summed E-state index contributed by atoms with van der Waals surface area (Å²) in [5.74, 6) is -0.926. The summed E-state index contributed by atoms with van der Waals surface area (Å²) in [6.07, 6.45) is 5.31. The van der Waals surface area contributed by atoms with Crippen LogP contribution in [0.25, 0.3) is 16.9 Å². The minimum atomic E-state index is -0.472. The van der Waals surface area contributed by atoms with Crippen LogP contribution in [-0.4, -0.2) is 33.0 Å². The molecule has 8 heteroatoms. The zero-order chi connectivity index (χ0) is 22.1. The van der Waals surface area contributed by atoms with Gasteiger partial charge in [-0.2, -0.15) is 9.78 Å². The maximum Gasteiger partial charge on any atom is 0.282 e. The Morgan fingerprint density at radius 3 is 2.75 bits per heavy atom. The molecule has 7 nitrogen and oxygen atoms in total. The number of benzene rings is 2. The van der Waals surface area contributed by atoms with Crippen molar-refractivity contribution in [3.63, 3.8) is 0 Å². The van der Waals surface area contributed by atoms with E-state index in [1.807, 2.05) is 18.2 Å². The third-order valence-corrected chi connectivity index (χ3v) is 5.49. The molecule has 0 spiro atoms. The van der Waals surface area contributed by atoms with Crippen molar-refractivity contribution in [2.75, 3.05) is 11.9 Å². The number of halogens is 1. The predicted molar refractivity (Wildman–Crippen MR) is 118 cm³/mol. The maximum absolute atomic E-state index is 13.6. The second-order valence-electron chi connectivity index (χ2n) is 7.78. The molecule has 0 aromatic heterocycles. The molecule has 1 amide bonds. The average Bonchev–Trinajstić information content (AvgIpc) is 3.42. The van der Waals surface area contributed by atoms with Crippen LogP contribution < -0.4 is 10.9 Å². The van der Waals surface area contributed by atoms with Crippen LogP contribution in [0.4, 0.5) is 10.1 Å². The van der Waals surface area contributed by atoms with Crippen molar-refractivity contribution >= 4 is 11.6 Å². The molecule has 1 atom stereocenters. The van der Waals surface area contributed by atoms with Crippen molar-refractivity contribution in [1.29, 1.82) is 0 Å². The summed E-state index contributed by atoms with van der Waals surface area (Å²) in [5, 5.41) is 7.17. The van der Waals surface area contributed by atoms with Crippen molar-refractivity contribution in [1.82, 2.24) is 14.3 Å². The van der Waals surface area contributed by atoms with Crippen LogP contribution >= 0.6 is 0 Å². The number of amides is 1. The van der Waals surface area contributed by atoms with Crippen LogP contribution in [0.2, 0.25) is 0 Å². The van der Waals surface area contributed by atoms with Crippen molar-refractivity contribution in [2.24, 2.45) is 0 Å². The summed E-state index contributed by atoms with van der Waals surface area (Å²) in [4.78, 5) is 26.3. The Morgan fingerprint density at radius 1 is 1.16 bits per heavy atom. The molecule has 0 unspecified atom stereocenters. The number of aromatic nitrogens is 3. The first kappa shape index (κ1) is 20.1. The third-order valence-electron chi connectivity index (χ3n) is 5.49. The van der Waals surface area contributed by atoms with E-state index < -0.39 is 11.7 Å². The van der Waals surface area contributed by atoms with Crippen LogP contribution in [0.1, 0.15) is 23.2 Å². The number of ether oxygens (including phenoxy) is 1. The molecule has 5 rings (SSSR count). The highest BCUT2D eigenvalue weighted by Crippen LogP contribution is 2.25. The molecule has 32 heavy (non-hydrogen) atoms. The molecule has 162 valence electrons. The fourth-order valence-corrected chi connectivity index (χ4v) is 3.96. The summed E-state index contributed by atoms with van der Waals surface area (Å²) in [6.45, 7) is 1.23. The molecule has 2 aromatic carbocycles. The van der Waals surface area contributed by atoms with Gasteiger partial charge in [-0.25, -0.2) is 4.39 Å². The Morgan fingerprint density at radius 2 is 2.00 bits per heavy atom. The Balaban J connectivity index is 1.60. The van der Waals surface area contributed by atoms with Gasteiger partial charge in [0.1, 0.15) is 11.5 Å². The minimum absolute atomic E-state index is 0.0239. The number of rotatable bonds is 5. The van der Waals surface area contributed by atoms with Gasteiger partial charge in [0.15, 0.2) is 0 Å². The predicted octanol–water partition coefficient (Wildman–Crippen LogP) is 3.71. The lowest BCUT2D eigenvalue weighted by molar-refractivity contribution is 0.0961. The van der Waals surface area contributed by atoms with Crippen molar-refractivity contribution < 1.29 is 13.9 Å². The van der Waals surface area contributed by atoms with Gasteiger partial charge in [-0.15, -0.1) is 0 Å². The fourth-order valence-electron chi connectivity index (χ4n) is 3.96. The van der Waals surface area contributed by atoms with Gasteiger partial charge in [0.2, 0.25) is 0 Å². The number of pyridine rings is 1. The van der Waals surface area contributed by atoms with Crippen LogP contribution in [-0.2, 0) is 11.3 Å². The topological polar surface area (TPSA) is 78.2 Å². The first-order valence-corrected chi connectivity index (χ1v) is 10.5. The Hall–Kier alpha value is -3.78. The third kappa shape index (κ3) is 3.92. The molecule has 3 heterocycles. The normalized spacial score (nSPS) is 15.8. The smallest absolute Gasteiger partial charge is 0.282 e. The average molecular weight is 432 g/mol. The van der Waals surface area contributed by atoms with E-state index in [1.54, 1.807) is 35.2 Å². The van der Waals surface area contributed by atoms with Crippen molar-refractivity contribution in [3.8, 4) is 16.9 Å². The van der Waals surface area contributed by atoms with Gasteiger partial charge in [0.05, 0.1) is 22.9 Å². The molecule has 1 N–H and O–H groups in total. The zero-order valence-electron chi connectivity index (χ0n) is 17.2. The van der Waals surface area contributed by atoms with E-state index in [0.717, 1.165) is 12.8 Å². The van der Waals surface area contributed by atoms with E-state index in [9.17, 15) is 14.0 Å². The fraction of sp³-hybridized carbons (Fsp3) is 0.208. The van der Waals surface area contributed by atoms with Gasteiger partial charge in [0.25, 0.3) is 11.5 Å². The molecular weight excluding hydrogens is 411 g/mol. The molecule has 0 radical (unpaired) electrons. The lowest BCUT2D eigenvalue weighted by atomic mass is 10.1. The van der Waals surface area contributed by atoms with Gasteiger partial charge in [-0.1, -0.05) is 24.3 Å². The second-order valence-corrected chi connectivity index (χ2v) is 7.78. The molecule has 3 aliphatic heterocycles. The number of carbonyl (C=O) groups is 1. The molecular formula is C24H21FN4O3. The summed E-state index contributed by atoms with van der Waals surface area (Å²) < 4.78 is 22.4. The van der Waals surface area contributed by atoms with Gasteiger partial charge in [-0.3, -0.25) is 9.59 Å². The number of fused-ring (bicyclic) bond motifs is 1. The molecule has 3 aliphatic rings. The Kier molecular flexibility index (Phi) is 5.28. The molecule has 0 saturated carbocycles. The number of para-hydroxylation sites is 1. The lowest BCUT2D eigenvalue weighted by Crippen LogP contribution is -2.21. The summed E-state index contributed by atoms with van der Waals surface area (Å²) >= 11 is 0. The zero-order valence-corrected chi connectivity index (χ0v) is 17.2. The van der Waals surface area contributed by atoms with Crippen LogP contribution in [0, 0.1) is 5.82 Å². The number of carbonyl (C=O) groups excluding carboxylic acids is 1. The van der Waals surface area contributed by atoms with E-state index in [0.29, 0.717) is 30.1 Å². The molecule has 1 fully saturated rings. The molecule has 0 bridgehead atoms. The quantitative estimate of drug-likeness (QED) is 0.522. The van der Waals surface area contributed by atoms with E-state index in [2.05, 4.69) is 10.4 Å². The van der Waals surface area contributed by atoms with Crippen molar-refractivity contribution in [2.45, 2.75) is 25.5 Å². The van der Waals surface area contributed by atoms with Crippen LogP contribution in [0.3, 0.4) is 0 Å². The van der Waals surface area contributed by atoms with Crippen LogP contribution in [0.5, 0.6) is 0 Å². The Labute approximate surface area is 183 Å². The van der Waals surface area contributed by atoms with E-state index in [1.165, 1.54) is 22.9 Å². The molecule has 0 aliphatic carbocycles. The first-order valence-electron chi connectivity index (χ1n) is 10.5. The number of hydrogen-bond acceptors (Lipinski definition) is 4. The monoisotopic (exact) mass is 432 g/mol. The van der Waals surface area contributed by atoms with E-state index in [-0.39, 0.29) is 22.9 Å². The summed E-state index contributed by atoms with van der Waals surface area (Å²) in [6, 6.07) is 14.7. The van der Waals surface area contributed by atoms with Gasteiger partial charge in [-0.05, 0) is 43.2 Å². The summed E-state index contributed by atoms with van der Waals surface area (Å²) in [5.41, 5.74) is 1.47. The molecule has 1 saturated heterocycles. The van der Waals surface area contributed by atoms with Gasteiger partial charge >= 0.3 is 0 Å². The first-order chi connectivity index (χ1) is 15.6. The van der Waals surface area contributed by atoms with Gasteiger partial charge in [0, 0.05) is 31.2 Å². The Bertz CT molecular complexity index is 1290. The minimum Gasteiger partial charge on any atom is -0.376 e. The highest BCUT2D eigenvalue weighted by molar-refractivity contribution is 6.08. The summed E-state index contributed by atoms with van der Waals surface area (Å²) in [7, 11) is 0. The lowest BCUT2D eigenvalue weighted by Gasteiger charge is -2.16. The van der Waals surface area contributed by atoms with E-state index >= 15 is 0 Å². The molecule has 2 aromatic rings. The maximum atomic E-state index is 13.6. The standard InChI is InChI=1S/C24H21FN4O3/c25-16-6-4-7-17(12-16)26-23(30)20-14-28(13-19-10-5-11-32-19)15-21-22(20)27-29(24(21)31)18-8-2-1-3-9-18/h1-4,6-9,12,14-15,19H,5,10-11,13H2,(H,26,30)/t19-/m1/s1. The second kappa shape index (κ2) is 8.39. The largest absolute Gasteiger partial charge is 0.376 e. The SMILES string of the molecule is O=C(Nc1cccc(F)c1)c1cn(C[C@H]2CCCO2)cc2c(=O)n(-c3ccccc3)nc1-2. The number of hydrogen-bond donors (Lipinski definition) is 1.